The van der Waals surface area contributed by atoms with Crippen molar-refractivity contribution in [2.75, 3.05) is 31.5 Å². The topological polar surface area (TPSA) is 125 Å². The van der Waals surface area contributed by atoms with E-state index in [1.807, 2.05) is 18.4 Å². The largest absolute Gasteiger partial charge is 0.482 e. The van der Waals surface area contributed by atoms with Crippen molar-refractivity contribution in [3.05, 3.63) is 34.7 Å². The van der Waals surface area contributed by atoms with Gasteiger partial charge in [-0.3, -0.25) is 14.9 Å². The molecule has 0 atom stereocenters. The van der Waals surface area contributed by atoms with Gasteiger partial charge in [0, 0.05) is 17.9 Å². The first-order valence-electron chi connectivity index (χ1n) is 9.11. The van der Waals surface area contributed by atoms with Crippen molar-refractivity contribution in [2.24, 2.45) is 0 Å². The lowest BCUT2D eigenvalue weighted by atomic mass is 10.1. The zero-order chi connectivity index (χ0) is 22.4. The van der Waals surface area contributed by atoms with Crippen LogP contribution in [0.5, 0.6) is 17.5 Å². The summed E-state index contributed by atoms with van der Waals surface area (Å²) in [5.74, 6) is 0.0696. The third-order valence-corrected chi connectivity index (χ3v) is 4.69. The summed E-state index contributed by atoms with van der Waals surface area (Å²) < 4.78 is 15.7. The molecule has 0 fully saturated rings. The maximum absolute atomic E-state index is 12.3. The van der Waals surface area contributed by atoms with Crippen molar-refractivity contribution in [3.8, 4) is 28.8 Å². The number of nitrogens with one attached hydrogen (secondary N) is 2. The zero-order valence-corrected chi connectivity index (χ0v) is 18.2. The predicted molar refractivity (Wildman–Crippen MR) is 116 cm³/mol. The summed E-state index contributed by atoms with van der Waals surface area (Å²) in [6, 6.07) is 6.72. The number of methoxy groups -OCH3 is 2. The smallest absolute Gasteiger partial charge is 0.264 e. The Labute approximate surface area is 182 Å². The molecule has 11 heteroatoms. The van der Waals surface area contributed by atoms with Crippen LogP contribution in [0.25, 0.3) is 11.3 Å². The van der Waals surface area contributed by atoms with Crippen LogP contribution in [0.2, 0.25) is 0 Å². The molecule has 0 aliphatic carbocycles. The molecule has 0 spiro atoms. The fourth-order valence-electron chi connectivity index (χ4n) is 2.57. The maximum atomic E-state index is 12.3. The molecule has 0 saturated carbocycles. The number of amides is 2. The lowest BCUT2D eigenvalue weighted by Crippen LogP contribution is -2.22. The number of benzene rings is 1. The minimum atomic E-state index is -0.497. The Hall–Kier alpha value is -3.73. The number of anilines is 2. The van der Waals surface area contributed by atoms with E-state index in [1.54, 1.807) is 12.1 Å². The van der Waals surface area contributed by atoms with Crippen molar-refractivity contribution in [1.29, 1.82) is 0 Å². The van der Waals surface area contributed by atoms with Gasteiger partial charge in [-0.1, -0.05) is 0 Å². The molecular formula is C20H21N5O5S. The van der Waals surface area contributed by atoms with Crippen LogP contribution in [-0.2, 0) is 9.59 Å². The number of ether oxygens (including phenoxy) is 3. The summed E-state index contributed by atoms with van der Waals surface area (Å²) in [7, 11) is 2.88. The molecule has 2 N–H and O–H groups in total. The number of nitrogens with zero attached hydrogens (tertiary/aromatic N) is 3. The summed E-state index contributed by atoms with van der Waals surface area (Å²) in [5, 5.41) is 8.10. The Bertz CT molecular complexity index is 1080. The fourth-order valence-corrected chi connectivity index (χ4v) is 3.19. The number of carbonyl (C=O) groups is 2. The molecule has 31 heavy (non-hydrogen) atoms. The summed E-state index contributed by atoms with van der Waals surface area (Å²) in [4.78, 5) is 36.5. The van der Waals surface area contributed by atoms with E-state index < -0.39 is 5.91 Å². The van der Waals surface area contributed by atoms with Crippen molar-refractivity contribution in [2.45, 2.75) is 13.8 Å². The van der Waals surface area contributed by atoms with E-state index in [0.717, 1.165) is 16.3 Å². The van der Waals surface area contributed by atoms with Crippen molar-refractivity contribution in [1.82, 2.24) is 15.0 Å². The van der Waals surface area contributed by atoms with E-state index in [9.17, 15) is 9.59 Å². The Balaban J connectivity index is 1.73. The molecule has 2 heterocycles. The van der Waals surface area contributed by atoms with Gasteiger partial charge in [-0.15, -0.1) is 11.3 Å². The van der Waals surface area contributed by atoms with Gasteiger partial charge in [-0.2, -0.15) is 9.97 Å². The average Bonchev–Trinajstić information content (AvgIpc) is 3.18. The van der Waals surface area contributed by atoms with E-state index in [0.29, 0.717) is 11.4 Å². The van der Waals surface area contributed by atoms with E-state index in [2.05, 4.69) is 25.6 Å². The number of hydrogen-bond donors (Lipinski definition) is 2. The number of carbonyl (C=O) groups excluding carboxylic acids is 2. The first kappa shape index (κ1) is 22.0. The lowest BCUT2D eigenvalue weighted by Gasteiger charge is -2.13. The van der Waals surface area contributed by atoms with Crippen LogP contribution in [0.1, 0.15) is 11.9 Å². The molecule has 10 nitrogen and oxygen atoms in total. The number of aromatic nitrogens is 3. The maximum Gasteiger partial charge on any atom is 0.264 e. The van der Waals surface area contributed by atoms with Crippen LogP contribution >= 0.6 is 11.3 Å². The third kappa shape index (κ3) is 5.89. The molecular weight excluding hydrogens is 422 g/mol. The Kier molecular flexibility index (Phi) is 6.98. The molecule has 0 saturated heterocycles. The number of rotatable bonds is 8. The second-order valence-corrected chi connectivity index (χ2v) is 7.32. The van der Waals surface area contributed by atoms with Crippen molar-refractivity contribution >= 4 is 34.8 Å². The monoisotopic (exact) mass is 443 g/mol. The third-order valence-electron chi connectivity index (χ3n) is 3.91. The van der Waals surface area contributed by atoms with Crippen LogP contribution < -0.4 is 24.8 Å². The van der Waals surface area contributed by atoms with Crippen LogP contribution in [0.3, 0.4) is 0 Å². The molecule has 3 aromatic rings. The highest BCUT2D eigenvalue weighted by Crippen LogP contribution is 2.31. The van der Waals surface area contributed by atoms with E-state index in [4.69, 9.17) is 14.2 Å². The summed E-state index contributed by atoms with van der Waals surface area (Å²) in [5.41, 5.74) is 2.05. The van der Waals surface area contributed by atoms with Crippen molar-refractivity contribution < 1.29 is 23.8 Å². The Morgan fingerprint density at radius 3 is 2.32 bits per heavy atom. The van der Waals surface area contributed by atoms with Crippen LogP contribution in [-0.4, -0.2) is 47.6 Å². The average molecular weight is 443 g/mol. The molecule has 2 amide bonds. The molecule has 0 aliphatic rings. The number of hydrogen-bond acceptors (Lipinski definition) is 9. The van der Waals surface area contributed by atoms with Crippen LogP contribution in [0.4, 0.5) is 11.6 Å². The lowest BCUT2D eigenvalue weighted by molar-refractivity contribution is -0.118. The normalized spacial score (nSPS) is 10.3. The second-order valence-electron chi connectivity index (χ2n) is 6.26. The van der Waals surface area contributed by atoms with Gasteiger partial charge in [-0.25, -0.2) is 4.98 Å². The van der Waals surface area contributed by atoms with Gasteiger partial charge in [0.05, 0.1) is 36.7 Å². The molecule has 0 radical (unpaired) electrons. The minimum absolute atomic E-state index is 0.0149. The highest BCUT2D eigenvalue weighted by molar-refractivity contribution is 7.09. The van der Waals surface area contributed by atoms with Gasteiger partial charge in [0.1, 0.15) is 5.75 Å². The molecule has 0 bridgehead atoms. The van der Waals surface area contributed by atoms with Gasteiger partial charge < -0.3 is 19.5 Å². The van der Waals surface area contributed by atoms with Gasteiger partial charge in [0.2, 0.25) is 23.6 Å². The molecule has 3 rings (SSSR count). The molecule has 2 aromatic heterocycles. The van der Waals surface area contributed by atoms with Crippen LogP contribution in [0.15, 0.2) is 29.6 Å². The van der Waals surface area contributed by atoms with Gasteiger partial charge in [-0.05, 0) is 25.1 Å². The standard InChI is InChI=1S/C20H21N5O5S/c1-11(26)21-14-7-13(15-10-31-12(2)22-15)5-6-16(14)30-9-17(27)23-20-24-18(28-3)8-19(25-20)29-4/h5-8,10H,9H2,1-4H3,(H,21,26)(H,23,24,25,27). The number of aryl methyl sites for hydroxylation is 1. The summed E-state index contributed by atoms with van der Waals surface area (Å²) in [6.45, 7) is 2.98. The molecule has 1 aromatic carbocycles. The van der Waals surface area contributed by atoms with Crippen molar-refractivity contribution in [3.63, 3.8) is 0 Å². The van der Waals surface area contributed by atoms with E-state index in [-0.39, 0.29) is 30.2 Å². The summed E-state index contributed by atoms with van der Waals surface area (Å²) >= 11 is 1.53. The van der Waals surface area contributed by atoms with Gasteiger partial charge in [0.25, 0.3) is 5.91 Å². The highest BCUT2D eigenvalue weighted by atomic mass is 32.1. The SMILES string of the molecule is COc1cc(OC)nc(NC(=O)COc2ccc(-c3csc(C)n3)cc2NC(C)=O)n1. The quantitative estimate of drug-likeness (QED) is 0.545. The Morgan fingerprint density at radius 1 is 1.03 bits per heavy atom. The molecule has 0 unspecified atom stereocenters. The fraction of sp³-hybridized carbons (Fsp3) is 0.250. The first-order chi connectivity index (χ1) is 14.9. The summed E-state index contributed by atoms with van der Waals surface area (Å²) in [6.07, 6.45) is 0. The van der Waals surface area contributed by atoms with E-state index >= 15 is 0 Å². The van der Waals surface area contributed by atoms with Gasteiger partial charge >= 0.3 is 0 Å². The first-order valence-corrected chi connectivity index (χ1v) is 9.99. The predicted octanol–water partition coefficient (Wildman–Crippen LogP) is 2.90. The van der Waals surface area contributed by atoms with Crippen LogP contribution in [0, 0.1) is 6.92 Å². The second kappa shape index (κ2) is 9.85. The Morgan fingerprint density at radius 2 is 1.74 bits per heavy atom. The molecule has 162 valence electrons. The highest BCUT2D eigenvalue weighted by Gasteiger charge is 2.13. The zero-order valence-electron chi connectivity index (χ0n) is 17.4. The number of thiazole rings is 1. The van der Waals surface area contributed by atoms with Gasteiger partial charge in [0.15, 0.2) is 6.61 Å². The minimum Gasteiger partial charge on any atom is -0.482 e. The molecule has 0 aliphatic heterocycles. The van der Waals surface area contributed by atoms with E-state index in [1.165, 1.54) is 38.5 Å².